The van der Waals surface area contributed by atoms with Gasteiger partial charge in [-0.2, -0.15) is 0 Å². The topological polar surface area (TPSA) is 72.0 Å². The number of hydrogen-bond acceptors (Lipinski definition) is 5. The second-order valence-corrected chi connectivity index (χ2v) is 5.26. The lowest BCUT2D eigenvalue weighted by Gasteiger charge is -2.08. The minimum atomic E-state index is -0.668. The lowest BCUT2D eigenvalue weighted by molar-refractivity contribution is 0.0519. The van der Waals surface area contributed by atoms with Crippen LogP contribution in [0.15, 0.2) is 34.1 Å². The van der Waals surface area contributed by atoms with Crippen LogP contribution in [-0.4, -0.2) is 28.8 Å². The summed E-state index contributed by atoms with van der Waals surface area (Å²) in [5.41, 5.74) is 0.127. The molecule has 0 aliphatic heterocycles. The summed E-state index contributed by atoms with van der Waals surface area (Å²) in [6.07, 6.45) is 1.75. The highest BCUT2D eigenvalue weighted by molar-refractivity contribution is 7.98. The first-order valence-electron chi connectivity index (χ1n) is 6.18. The summed E-state index contributed by atoms with van der Waals surface area (Å²) in [5, 5.41) is 0.927. The van der Waals surface area contributed by atoms with E-state index in [-0.39, 0.29) is 12.2 Å². The third-order valence-electron chi connectivity index (χ3n) is 2.68. The van der Waals surface area contributed by atoms with Crippen LogP contribution in [0.2, 0.25) is 5.02 Å². The van der Waals surface area contributed by atoms with Crippen molar-refractivity contribution in [3.05, 3.63) is 45.2 Å². The minimum absolute atomic E-state index is 0.0675. The summed E-state index contributed by atoms with van der Waals surface area (Å²) in [7, 11) is 0. The SMILES string of the molecule is CCOC(=O)c1c(SC)nc(-c2ccc(Cl)cc2)[nH]c1=O. The van der Waals surface area contributed by atoms with E-state index in [1.54, 1.807) is 37.4 Å². The van der Waals surface area contributed by atoms with Gasteiger partial charge in [-0.05, 0) is 37.4 Å². The van der Waals surface area contributed by atoms with Gasteiger partial charge in [0, 0.05) is 10.6 Å². The van der Waals surface area contributed by atoms with Crippen LogP contribution in [0, 0.1) is 0 Å². The molecule has 5 nitrogen and oxygen atoms in total. The average molecular weight is 325 g/mol. The lowest BCUT2D eigenvalue weighted by atomic mass is 10.2. The molecule has 2 rings (SSSR count). The predicted molar refractivity (Wildman–Crippen MR) is 83.0 cm³/mol. The lowest BCUT2D eigenvalue weighted by Crippen LogP contribution is -2.23. The fourth-order valence-corrected chi connectivity index (χ4v) is 2.42. The van der Waals surface area contributed by atoms with Crippen molar-refractivity contribution in [1.82, 2.24) is 9.97 Å². The Labute approximate surface area is 130 Å². The Kier molecular flexibility index (Phi) is 5.03. The van der Waals surface area contributed by atoms with Crippen LogP contribution in [0.4, 0.5) is 0 Å². The fourth-order valence-electron chi connectivity index (χ4n) is 1.73. The van der Waals surface area contributed by atoms with Crippen LogP contribution in [0.1, 0.15) is 17.3 Å². The predicted octanol–water partition coefficient (Wildman–Crippen LogP) is 2.99. The van der Waals surface area contributed by atoms with E-state index in [0.29, 0.717) is 21.4 Å². The number of halogens is 1. The van der Waals surface area contributed by atoms with Crippen molar-refractivity contribution in [3.63, 3.8) is 0 Å². The average Bonchev–Trinajstić information content (AvgIpc) is 2.47. The third kappa shape index (κ3) is 3.46. The van der Waals surface area contributed by atoms with E-state index >= 15 is 0 Å². The molecule has 1 N–H and O–H groups in total. The van der Waals surface area contributed by atoms with Gasteiger partial charge in [-0.15, -0.1) is 11.8 Å². The Hall–Kier alpha value is -1.79. The van der Waals surface area contributed by atoms with Crippen LogP contribution >= 0.6 is 23.4 Å². The number of H-pyrrole nitrogens is 1. The zero-order valence-corrected chi connectivity index (χ0v) is 13.0. The van der Waals surface area contributed by atoms with Gasteiger partial charge in [0.05, 0.1) is 6.61 Å². The number of aromatic nitrogens is 2. The van der Waals surface area contributed by atoms with Crippen LogP contribution in [-0.2, 0) is 4.74 Å². The summed E-state index contributed by atoms with van der Waals surface area (Å²) in [5.74, 6) is -0.285. The summed E-state index contributed by atoms with van der Waals surface area (Å²) in [6, 6.07) is 6.90. The van der Waals surface area contributed by atoms with Crippen molar-refractivity contribution >= 4 is 29.3 Å². The van der Waals surface area contributed by atoms with Crippen molar-refractivity contribution < 1.29 is 9.53 Å². The molecule has 0 unspecified atom stereocenters. The molecule has 0 atom stereocenters. The molecular formula is C14H13ClN2O3S. The number of carbonyl (C=O) groups is 1. The Morgan fingerprint density at radius 2 is 2.05 bits per heavy atom. The van der Waals surface area contributed by atoms with E-state index in [2.05, 4.69) is 9.97 Å². The molecule has 1 aromatic heterocycles. The maximum absolute atomic E-state index is 12.1. The van der Waals surface area contributed by atoms with Gasteiger partial charge in [0.15, 0.2) is 5.56 Å². The molecule has 0 aliphatic carbocycles. The van der Waals surface area contributed by atoms with Gasteiger partial charge >= 0.3 is 5.97 Å². The molecule has 7 heteroatoms. The number of thioether (sulfide) groups is 1. The van der Waals surface area contributed by atoms with E-state index in [0.717, 1.165) is 0 Å². The summed E-state index contributed by atoms with van der Waals surface area (Å²) < 4.78 is 4.88. The second-order valence-electron chi connectivity index (χ2n) is 4.03. The molecule has 0 amide bonds. The molecule has 0 saturated carbocycles. The van der Waals surface area contributed by atoms with Crippen molar-refractivity contribution in [3.8, 4) is 11.4 Å². The molecule has 0 bridgehead atoms. The zero-order chi connectivity index (χ0) is 15.4. The number of esters is 1. The Bertz CT molecular complexity index is 713. The summed E-state index contributed by atoms with van der Waals surface area (Å²) in [6.45, 7) is 1.88. The van der Waals surface area contributed by atoms with Crippen molar-refractivity contribution in [2.75, 3.05) is 12.9 Å². The number of rotatable bonds is 4. The van der Waals surface area contributed by atoms with Gasteiger partial charge in [0.1, 0.15) is 10.9 Å². The molecule has 0 radical (unpaired) electrons. The van der Waals surface area contributed by atoms with Gasteiger partial charge in [-0.1, -0.05) is 11.6 Å². The van der Waals surface area contributed by atoms with E-state index in [1.165, 1.54) is 11.8 Å². The van der Waals surface area contributed by atoms with Gasteiger partial charge in [0.2, 0.25) is 0 Å². The molecule has 110 valence electrons. The highest BCUT2D eigenvalue weighted by Crippen LogP contribution is 2.21. The number of carbonyl (C=O) groups excluding carboxylic acids is 1. The van der Waals surface area contributed by atoms with E-state index in [1.807, 2.05) is 0 Å². The molecule has 0 aliphatic rings. The van der Waals surface area contributed by atoms with E-state index in [4.69, 9.17) is 16.3 Å². The Morgan fingerprint density at radius 1 is 1.38 bits per heavy atom. The first kappa shape index (κ1) is 15.6. The highest BCUT2D eigenvalue weighted by Gasteiger charge is 2.20. The number of nitrogens with one attached hydrogen (secondary N) is 1. The van der Waals surface area contributed by atoms with Crippen molar-refractivity contribution in [1.29, 1.82) is 0 Å². The van der Waals surface area contributed by atoms with Gasteiger partial charge in [-0.3, -0.25) is 4.79 Å². The van der Waals surface area contributed by atoms with Gasteiger partial charge in [-0.25, -0.2) is 9.78 Å². The number of aromatic amines is 1. The Balaban J connectivity index is 2.53. The zero-order valence-electron chi connectivity index (χ0n) is 11.5. The first-order valence-corrected chi connectivity index (χ1v) is 7.78. The van der Waals surface area contributed by atoms with Gasteiger partial charge < -0.3 is 9.72 Å². The number of benzene rings is 1. The Morgan fingerprint density at radius 3 is 2.62 bits per heavy atom. The fraction of sp³-hybridized carbons (Fsp3) is 0.214. The minimum Gasteiger partial charge on any atom is -0.462 e. The highest BCUT2D eigenvalue weighted by atomic mass is 35.5. The largest absolute Gasteiger partial charge is 0.462 e. The number of hydrogen-bond donors (Lipinski definition) is 1. The van der Waals surface area contributed by atoms with Crippen LogP contribution in [0.3, 0.4) is 0 Å². The van der Waals surface area contributed by atoms with Crippen molar-refractivity contribution in [2.45, 2.75) is 11.9 Å². The monoisotopic (exact) mass is 324 g/mol. The molecule has 1 heterocycles. The van der Waals surface area contributed by atoms with E-state index < -0.39 is 11.5 Å². The molecular weight excluding hydrogens is 312 g/mol. The second kappa shape index (κ2) is 6.78. The maximum atomic E-state index is 12.1. The van der Waals surface area contributed by atoms with Crippen LogP contribution in [0.25, 0.3) is 11.4 Å². The van der Waals surface area contributed by atoms with Crippen LogP contribution < -0.4 is 5.56 Å². The van der Waals surface area contributed by atoms with Gasteiger partial charge in [0.25, 0.3) is 5.56 Å². The number of ether oxygens (including phenoxy) is 1. The van der Waals surface area contributed by atoms with Crippen molar-refractivity contribution in [2.24, 2.45) is 0 Å². The maximum Gasteiger partial charge on any atom is 0.346 e. The van der Waals surface area contributed by atoms with E-state index in [9.17, 15) is 9.59 Å². The smallest absolute Gasteiger partial charge is 0.346 e. The third-order valence-corrected chi connectivity index (χ3v) is 3.61. The summed E-state index contributed by atoms with van der Waals surface area (Å²) in [4.78, 5) is 30.9. The quantitative estimate of drug-likeness (QED) is 0.532. The molecule has 0 fully saturated rings. The standard InChI is InChI=1S/C14H13ClN2O3S/c1-3-20-14(19)10-12(18)16-11(17-13(10)21-2)8-4-6-9(15)7-5-8/h4-7H,3H2,1-2H3,(H,16,17,18). The summed E-state index contributed by atoms with van der Waals surface area (Å²) >= 11 is 7.05. The number of nitrogens with zero attached hydrogens (tertiary/aromatic N) is 1. The first-order chi connectivity index (χ1) is 10.1. The molecule has 0 spiro atoms. The normalized spacial score (nSPS) is 10.4. The molecule has 1 aromatic carbocycles. The molecule has 0 saturated heterocycles. The molecule has 21 heavy (non-hydrogen) atoms. The molecule has 2 aromatic rings. The van der Waals surface area contributed by atoms with Crippen LogP contribution in [0.5, 0.6) is 0 Å².